The molecule has 3 nitrogen and oxygen atoms in total. The lowest BCUT2D eigenvalue weighted by Crippen LogP contribution is -2.11. The number of rotatable bonds is 12. The van der Waals surface area contributed by atoms with Crippen molar-refractivity contribution in [2.45, 2.75) is 72.4 Å². The second kappa shape index (κ2) is 10.9. The second-order valence-corrected chi connectivity index (χ2v) is 5.42. The summed E-state index contributed by atoms with van der Waals surface area (Å²) in [6, 6.07) is 2.09. The Morgan fingerprint density at radius 1 is 1.10 bits per heavy atom. The lowest BCUT2D eigenvalue weighted by Gasteiger charge is -2.03. The van der Waals surface area contributed by atoms with Crippen molar-refractivity contribution in [2.24, 2.45) is 0 Å². The molecule has 0 atom stereocenters. The molecule has 0 unspecified atom stereocenters. The van der Waals surface area contributed by atoms with Crippen LogP contribution in [0.4, 0.5) is 0 Å². The number of furan rings is 1. The number of hydrogen-bond donors (Lipinski definition) is 1. The van der Waals surface area contributed by atoms with Gasteiger partial charge in [0.25, 0.3) is 0 Å². The van der Waals surface area contributed by atoms with E-state index in [1.54, 1.807) is 0 Å². The first-order valence-electron chi connectivity index (χ1n) is 8.14. The normalized spacial score (nSPS) is 11.2. The highest BCUT2D eigenvalue weighted by Gasteiger charge is 2.06. The van der Waals surface area contributed by atoms with Crippen molar-refractivity contribution >= 4 is 0 Å². The van der Waals surface area contributed by atoms with E-state index in [-0.39, 0.29) is 0 Å². The smallest absolute Gasteiger partial charge is 0.130 e. The molecule has 20 heavy (non-hydrogen) atoms. The largest absolute Gasteiger partial charge is 0.462 e. The van der Waals surface area contributed by atoms with Crippen LogP contribution < -0.4 is 5.32 Å². The fourth-order valence-electron chi connectivity index (χ4n) is 2.23. The van der Waals surface area contributed by atoms with Crippen molar-refractivity contribution in [1.82, 2.24) is 5.32 Å². The molecule has 0 amide bonds. The SMILES string of the molecule is CCCCCCCCOCc1cc(C)c(CNCC)o1. The minimum absolute atomic E-state index is 0.599. The summed E-state index contributed by atoms with van der Waals surface area (Å²) in [6.45, 7) is 9.65. The first-order valence-corrected chi connectivity index (χ1v) is 8.14. The van der Waals surface area contributed by atoms with E-state index in [0.29, 0.717) is 6.61 Å². The Hall–Kier alpha value is -0.800. The molecule has 1 aromatic heterocycles. The summed E-state index contributed by atoms with van der Waals surface area (Å²) in [6.07, 6.45) is 7.81. The third-order valence-corrected chi connectivity index (χ3v) is 3.49. The molecule has 116 valence electrons. The topological polar surface area (TPSA) is 34.4 Å². The molecule has 0 aliphatic carbocycles. The molecule has 0 spiro atoms. The van der Waals surface area contributed by atoms with Gasteiger partial charge in [-0.2, -0.15) is 0 Å². The van der Waals surface area contributed by atoms with Crippen molar-refractivity contribution in [3.05, 3.63) is 23.2 Å². The number of hydrogen-bond acceptors (Lipinski definition) is 3. The summed E-state index contributed by atoms with van der Waals surface area (Å²) in [4.78, 5) is 0. The fourth-order valence-corrected chi connectivity index (χ4v) is 2.23. The number of aryl methyl sites for hydroxylation is 1. The quantitative estimate of drug-likeness (QED) is 0.570. The highest BCUT2D eigenvalue weighted by atomic mass is 16.5. The number of nitrogens with one attached hydrogen (secondary N) is 1. The van der Waals surface area contributed by atoms with Crippen molar-refractivity contribution < 1.29 is 9.15 Å². The zero-order valence-corrected chi connectivity index (χ0v) is 13.5. The van der Waals surface area contributed by atoms with Crippen LogP contribution >= 0.6 is 0 Å². The van der Waals surface area contributed by atoms with E-state index < -0.39 is 0 Å². The average Bonchev–Trinajstić information content (AvgIpc) is 2.80. The Morgan fingerprint density at radius 3 is 2.60 bits per heavy atom. The zero-order valence-electron chi connectivity index (χ0n) is 13.5. The Bertz CT molecular complexity index is 347. The lowest BCUT2D eigenvalue weighted by atomic mass is 10.1. The van der Waals surface area contributed by atoms with Gasteiger partial charge in [0, 0.05) is 6.61 Å². The van der Waals surface area contributed by atoms with Gasteiger partial charge < -0.3 is 14.5 Å². The van der Waals surface area contributed by atoms with E-state index >= 15 is 0 Å². The van der Waals surface area contributed by atoms with Gasteiger partial charge in [-0.15, -0.1) is 0 Å². The van der Waals surface area contributed by atoms with Gasteiger partial charge in [-0.3, -0.25) is 0 Å². The molecule has 0 radical (unpaired) electrons. The predicted molar refractivity (Wildman–Crippen MR) is 83.9 cm³/mol. The highest BCUT2D eigenvalue weighted by molar-refractivity contribution is 5.19. The van der Waals surface area contributed by atoms with Crippen LogP contribution in [0.5, 0.6) is 0 Å². The van der Waals surface area contributed by atoms with Crippen molar-refractivity contribution in [1.29, 1.82) is 0 Å². The van der Waals surface area contributed by atoms with Crippen LogP contribution in [-0.4, -0.2) is 13.2 Å². The van der Waals surface area contributed by atoms with E-state index in [9.17, 15) is 0 Å². The highest BCUT2D eigenvalue weighted by Crippen LogP contribution is 2.15. The van der Waals surface area contributed by atoms with Crippen LogP contribution in [0.1, 0.15) is 69.5 Å². The van der Waals surface area contributed by atoms with E-state index in [0.717, 1.165) is 37.6 Å². The molecular formula is C17H31NO2. The molecule has 0 aliphatic rings. The van der Waals surface area contributed by atoms with Gasteiger partial charge in [-0.05, 0) is 31.5 Å². The van der Waals surface area contributed by atoms with Gasteiger partial charge in [-0.25, -0.2) is 0 Å². The summed E-state index contributed by atoms with van der Waals surface area (Å²) in [5.41, 5.74) is 1.21. The number of ether oxygens (including phenoxy) is 1. The summed E-state index contributed by atoms with van der Waals surface area (Å²) in [5, 5.41) is 3.28. The van der Waals surface area contributed by atoms with E-state index in [2.05, 4.69) is 32.2 Å². The summed E-state index contributed by atoms with van der Waals surface area (Å²) in [7, 11) is 0. The van der Waals surface area contributed by atoms with Crippen LogP contribution in [0.25, 0.3) is 0 Å². The van der Waals surface area contributed by atoms with Crippen LogP contribution in [0.15, 0.2) is 10.5 Å². The fraction of sp³-hybridized carbons (Fsp3) is 0.765. The second-order valence-electron chi connectivity index (χ2n) is 5.42. The monoisotopic (exact) mass is 281 g/mol. The molecule has 0 bridgehead atoms. The first-order chi connectivity index (χ1) is 9.77. The molecule has 0 fully saturated rings. The van der Waals surface area contributed by atoms with Gasteiger partial charge in [0.1, 0.15) is 18.1 Å². The molecule has 0 aromatic carbocycles. The summed E-state index contributed by atoms with van der Waals surface area (Å²) >= 11 is 0. The zero-order chi connectivity index (χ0) is 14.6. The Morgan fingerprint density at radius 2 is 1.85 bits per heavy atom. The molecule has 1 rings (SSSR count). The van der Waals surface area contributed by atoms with E-state index in [1.807, 2.05) is 0 Å². The molecular weight excluding hydrogens is 250 g/mol. The maximum absolute atomic E-state index is 5.79. The molecule has 0 aliphatic heterocycles. The lowest BCUT2D eigenvalue weighted by molar-refractivity contribution is 0.101. The molecule has 3 heteroatoms. The van der Waals surface area contributed by atoms with E-state index in [1.165, 1.54) is 37.7 Å². The van der Waals surface area contributed by atoms with Gasteiger partial charge >= 0.3 is 0 Å². The van der Waals surface area contributed by atoms with Gasteiger partial charge in [0.15, 0.2) is 0 Å². The number of unbranched alkanes of at least 4 members (excludes halogenated alkanes) is 5. The van der Waals surface area contributed by atoms with Gasteiger partial charge in [-0.1, -0.05) is 46.0 Å². The maximum atomic E-state index is 5.79. The molecule has 0 saturated heterocycles. The van der Waals surface area contributed by atoms with Gasteiger partial charge in [0.05, 0.1) is 6.54 Å². The Balaban J connectivity index is 2.09. The van der Waals surface area contributed by atoms with Crippen LogP contribution in [0.2, 0.25) is 0 Å². The standard InChI is InChI=1S/C17H31NO2/c1-4-6-7-8-9-10-11-19-14-16-12-15(3)17(20-16)13-18-5-2/h12,18H,4-11,13-14H2,1-3H3. The minimum atomic E-state index is 0.599. The average molecular weight is 281 g/mol. The van der Waals surface area contributed by atoms with E-state index in [4.69, 9.17) is 9.15 Å². The molecule has 1 N–H and O–H groups in total. The predicted octanol–water partition coefficient (Wildman–Crippen LogP) is 4.57. The van der Waals surface area contributed by atoms with Crippen molar-refractivity contribution in [3.63, 3.8) is 0 Å². The molecule has 1 aromatic rings. The Labute approximate surface area is 124 Å². The van der Waals surface area contributed by atoms with Crippen LogP contribution in [-0.2, 0) is 17.9 Å². The molecule has 1 heterocycles. The maximum Gasteiger partial charge on any atom is 0.130 e. The van der Waals surface area contributed by atoms with Gasteiger partial charge in [0.2, 0.25) is 0 Å². The third kappa shape index (κ3) is 7.11. The third-order valence-electron chi connectivity index (χ3n) is 3.49. The minimum Gasteiger partial charge on any atom is -0.462 e. The summed E-state index contributed by atoms with van der Waals surface area (Å²) < 4.78 is 11.5. The molecule has 0 saturated carbocycles. The van der Waals surface area contributed by atoms with Crippen LogP contribution in [0, 0.1) is 6.92 Å². The van der Waals surface area contributed by atoms with Crippen molar-refractivity contribution in [2.75, 3.05) is 13.2 Å². The summed E-state index contributed by atoms with van der Waals surface area (Å²) in [5.74, 6) is 1.98. The van der Waals surface area contributed by atoms with Crippen molar-refractivity contribution in [3.8, 4) is 0 Å². The first kappa shape index (κ1) is 17.3. The van der Waals surface area contributed by atoms with Crippen LogP contribution in [0.3, 0.4) is 0 Å². The Kier molecular flexibility index (Phi) is 9.42.